The van der Waals surface area contributed by atoms with Gasteiger partial charge in [-0.25, -0.2) is 8.42 Å². The van der Waals surface area contributed by atoms with Gasteiger partial charge in [0, 0.05) is 12.5 Å². The monoisotopic (exact) mass is 519 g/mol. The number of carbonyl (C=O) groups is 1. The molecule has 1 amide bonds. The predicted molar refractivity (Wildman–Crippen MR) is 117 cm³/mol. The molecule has 192 valence electrons. The van der Waals surface area contributed by atoms with E-state index in [0.717, 1.165) is 0 Å². The molecule has 2 aromatic carbocycles. The van der Waals surface area contributed by atoms with Crippen LogP contribution in [0.4, 0.5) is 13.2 Å². The van der Waals surface area contributed by atoms with Gasteiger partial charge in [-0.15, -0.1) is 0 Å². The first kappa shape index (κ1) is 26.9. The van der Waals surface area contributed by atoms with E-state index in [9.17, 15) is 41.7 Å². The van der Waals surface area contributed by atoms with Crippen molar-refractivity contribution in [3.05, 3.63) is 54.1 Å². The van der Waals surface area contributed by atoms with Crippen LogP contribution in [0.3, 0.4) is 0 Å². The SMILES string of the molecule is CC(=O)N[C@H]1[C@H](Oc2ccccc2-c2cccc(CS(=O)(=O)C(F)(F)F)c2)O[C@H](CO)[C@H](O)[C@@H]1O. The molecular formula is C22H24F3NO8S. The second kappa shape index (κ2) is 10.5. The number of nitrogens with one attached hydrogen (secondary N) is 1. The molecule has 3 rings (SSSR count). The maximum absolute atomic E-state index is 12.8. The number of aliphatic hydroxyl groups excluding tert-OH is 3. The molecule has 0 spiro atoms. The Balaban J connectivity index is 1.94. The number of ether oxygens (including phenoxy) is 2. The average molecular weight is 519 g/mol. The standard InChI is InChI=1S/C22H24F3NO8S/c1-12(28)26-18-20(30)19(29)17(10-27)34-21(18)33-16-8-3-2-7-15(16)14-6-4-5-13(9-14)11-35(31,32)22(23,24)25/h2-9,17-21,27,29-30H,10-11H2,1H3,(H,26,28)/t17-,18-,19+,20-,21-/m1/s1. The summed E-state index contributed by atoms with van der Waals surface area (Å²) in [5, 5.41) is 32.5. The molecule has 2 aromatic rings. The van der Waals surface area contributed by atoms with Crippen LogP contribution in [0.5, 0.6) is 5.75 Å². The highest BCUT2D eigenvalue weighted by molar-refractivity contribution is 7.91. The molecule has 0 saturated carbocycles. The van der Waals surface area contributed by atoms with E-state index in [1.54, 1.807) is 18.2 Å². The Kier molecular flexibility index (Phi) is 8.07. The zero-order chi connectivity index (χ0) is 26.0. The first-order valence-electron chi connectivity index (χ1n) is 10.4. The Morgan fingerprint density at radius 2 is 1.80 bits per heavy atom. The molecule has 35 heavy (non-hydrogen) atoms. The van der Waals surface area contributed by atoms with Gasteiger partial charge in [0.1, 0.15) is 30.1 Å². The molecule has 0 bridgehead atoms. The van der Waals surface area contributed by atoms with Crippen molar-refractivity contribution in [1.82, 2.24) is 5.32 Å². The number of carbonyl (C=O) groups excluding carboxylic acids is 1. The topological polar surface area (TPSA) is 142 Å². The van der Waals surface area contributed by atoms with Crippen molar-refractivity contribution in [2.45, 2.75) is 48.8 Å². The lowest BCUT2D eigenvalue weighted by Crippen LogP contribution is -2.65. The Morgan fingerprint density at radius 3 is 2.43 bits per heavy atom. The second-order valence-electron chi connectivity index (χ2n) is 7.95. The van der Waals surface area contributed by atoms with Crippen molar-refractivity contribution in [1.29, 1.82) is 0 Å². The summed E-state index contributed by atoms with van der Waals surface area (Å²) in [6.07, 6.45) is -5.63. The molecule has 5 atom stereocenters. The highest BCUT2D eigenvalue weighted by Gasteiger charge is 2.46. The Morgan fingerprint density at radius 1 is 1.11 bits per heavy atom. The van der Waals surface area contributed by atoms with E-state index in [1.165, 1.54) is 37.3 Å². The first-order chi connectivity index (χ1) is 16.3. The molecule has 1 aliphatic rings. The number of sulfone groups is 1. The van der Waals surface area contributed by atoms with Crippen LogP contribution in [0.1, 0.15) is 12.5 Å². The third-order valence-corrected chi connectivity index (χ3v) is 6.75. The minimum Gasteiger partial charge on any atom is -0.462 e. The minimum atomic E-state index is -5.39. The predicted octanol–water partition coefficient (Wildman–Crippen LogP) is 1.11. The smallest absolute Gasteiger partial charge is 0.462 e. The lowest BCUT2D eigenvalue weighted by atomic mass is 9.96. The van der Waals surface area contributed by atoms with E-state index in [-0.39, 0.29) is 11.3 Å². The van der Waals surface area contributed by atoms with Crippen LogP contribution in [0.15, 0.2) is 48.5 Å². The van der Waals surface area contributed by atoms with Gasteiger partial charge in [-0.3, -0.25) is 4.79 Å². The number of aliphatic hydroxyl groups is 3. The summed E-state index contributed by atoms with van der Waals surface area (Å²) in [6.45, 7) is 0.533. The number of alkyl halides is 3. The van der Waals surface area contributed by atoms with E-state index in [4.69, 9.17) is 9.47 Å². The number of rotatable bonds is 7. The van der Waals surface area contributed by atoms with E-state index in [1.807, 2.05) is 0 Å². The zero-order valence-electron chi connectivity index (χ0n) is 18.3. The Hall–Kier alpha value is -2.71. The van der Waals surface area contributed by atoms with Gasteiger partial charge in [0.25, 0.3) is 9.84 Å². The quantitative estimate of drug-likeness (QED) is 0.426. The van der Waals surface area contributed by atoms with Gasteiger partial charge in [-0.05, 0) is 23.3 Å². The summed E-state index contributed by atoms with van der Waals surface area (Å²) in [5.41, 5.74) is -4.80. The minimum absolute atomic E-state index is 0.0986. The van der Waals surface area contributed by atoms with E-state index in [0.29, 0.717) is 11.1 Å². The Bertz CT molecular complexity index is 1160. The summed E-state index contributed by atoms with van der Waals surface area (Å²) >= 11 is 0. The second-order valence-corrected chi connectivity index (χ2v) is 9.93. The molecule has 0 aliphatic carbocycles. The van der Waals surface area contributed by atoms with Crippen LogP contribution in [0.25, 0.3) is 11.1 Å². The molecule has 9 nitrogen and oxygen atoms in total. The van der Waals surface area contributed by atoms with Gasteiger partial charge in [0.2, 0.25) is 12.2 Å². The lowest BCUT2D eigenvalue weighted by Gasteiger charge is -2.42. The maximum Gasteiger partial charge on any atom is 0.497 e. The van der Waals surface area contributed by atoms with Crippen LogP contribution < -0.4 is 10.1 Å². The number of hydrogen-bond acceptors (Lipinski definition) is 8. The third-order valence-electron chi connectivity index (χ3n) is 5.33. The normalized spacial score (nSPS) is 25.2. The van der Waals surface area contributed by atoms with Crippen LogP contribution in [-0.2, 0) is 25.1 Å². The van der Waals surface area contributed by atoms with E-state index >= 15 is 0 Å². The third kappa shape index (κ3) is 6.11. The Labute approximate surface area is 199 Å². The van der Waals surface area contributed by atoms with Crippen LogP contribution in [0.2, 0.25) is 0 Å². The number of halogens is 3. The van der Waals surface area contributed by atoms with Crippen molar-refractivity contribution in [3.63, 3.8) is 0 Å². The molecule has 1 heterocycles. The van der Waals surface area contributed by atoms with Gasteiger partial charge in [-0.1, -0.05) is 36.4 Å². The summed E-state index contributed by atoms with van der Waals surface area (Å²) in [5.74, 6) is -1.66. The fourth-order valence-electron chi connectivity index (χ4n) is 3.63. The van der Waals surface area contributed by atoms with Crippen molar-refractivity contribution in [2.24, 2.45) is 0 Å². The fraction of sp³-hybridized carbons (Fsp3) is 0.409. The molecular weight excluding hydrogens is 495 g/mol. The molecule has 1 fully saturated rings. The number of para-hydroxylation sites is 1. The number of amides is 1. The molecule has 0 unspecified atom stereocenters. The van der Waals surface area contributed by atoms with Crippen LogP contribution in [0, 0.1) is 0 Å². The van der Waals surface area contributed by atoms with Gasteiger partial charge >= 0.3 is 5.51 Å². The largest absolute Gasteiger partial charge is 0.497 e. The lowest BCUT2D eigenvalue weighted by molar-refractivity contribution is -0.244. The molecule has 4 N–H and O–H groups in total. The summed E-state index contributed by atoms with van der Waals surface area (Å²) in [6, 6.07) is 10.5. The number of benzene rings is 2. The van der Waals surface area contributed by atoms with Crippen molar-refractivity contribution < 1.29 is 51.2 Å². The summed E-state index contributed by atoms with van der Waals surface area (Å²) < 4.78 is 73.0. The number of hydrogen-bond donors (Lipinski definition) is 4. The van der Waals surface area contributed by atoms with E-state index in [2.05, 4.69) is 5.32 Å². The highest BCUT2D eigenvalue weighted by Crippen LogP contribution is 2.34. The molecule has 1 aliphatic heterocycles. The van der Waals surface area contributed by atoms with Gasteiger partial charge < -0.3 is 30.1 Å². The zero-order valence-corrected chi connectivity index (χ0v) is 19.2. The fourth-order valence-corrected chi connectivity index (χ4v) is 4.42. The van der Waals surface area contributed by atoms with E-state index < -0.39 is 64.3 Å². The maximum atomic E-state index is 12.8. The molecule has 0 radical (unpaired) electrons. The van der Waals surface area contributed by atoms with Gasteiger partial charge in [-0.2, -0.15) is 13.2 Å². The average Bonchev–Trinajstić information content (AvgIpc) is 2.78. The van der Waals surface area contributed by atoms with Crippen LogP contribution >= 0.6 is 0 Å². The van der Waals surface area contributed by atoms with Crippen molar-refractivity contribution in [3.8, 4) is 16.9 Å². The van der Waals surface area contributed by atoms with Crippen molar-refractivity contribution in [2.75, 3.05) is 6.61 Å². The summed E-state index contributed by atoms with van der Waals surface area (Å²) in [4.78, 5) is 11.6. The molecule has 13 heteroatoms. The molecule has 0 aromatic heterocycles. The molecule has 1 saturated heterocycles. The van der Waals surface area contributed by atoms with Gasteiger partial charge in [0.15, 0.2) is 0 Å². The van der Waals surface area contributed by atoms with Crippen molar-refractivity contribution >= 4 is 15.7 Å². The highest BCUT2D eigenvalue weighted by atomic mass is 32.2. The first-order valence-corrected chi connectivity index (χ1v) is 12.0. The summed E-state index contributed by atoms with van der Waals surface area (Å²) in [7, 11) is -5.39. The van der Waals surface area contributed by atoms with Crippen LogP contribution in [-0.4, -0.2) is 72.4 Å². The van der Waals surface area contributed by atoms with Gasteiger partial charge in [0.05, 0.1) is 12.4 Å².